The molecule has 1 aromatic carbocycles. The van der Waals surface area contributed by atoms with Crippen LogP contribution in [0.5, 0.6) is 0 Å². The van der Waals surface area contributed by atoms with E-state index in [2.05, 4.69) is 36.3 Å². The van der Waals surface area contributed by atoms with Crippen molar-refractivity contribution in [3.05, 3.63) is 35.5 Å². The van der Waals surface area contributed by atoms with E-state index in [0.29, 0.717) is 19.4 Å². The predicted octanol–water partition coefficient (Wildman–Crippen LogP) is 2.92. The van der Waals surface area contributed by atoms with Crippen LogP contribution >= 0.6 is 0 Å². The average molecular weight is 341 g/mol. The first-order valence-corrected chi connectivity index (χ1v) is 9.14. The Kier molecular flexibility index (Phi) is 5.11. The van der Waals surface area contributed by atoms with E-state index < -0.39 is 0 Å². The number of nitrogens with one attached hydrogen (secondary N) is 2. The standard InChI is InChI=1S/C20H27N3O2/c1-4-18(24)22-16-10-14(3)23(12-16)19(25)9-8-15-11-21-17-7-5-6-13(2)20(15)17/h5-7,11,14,16,21H,4,8-10,12H2,1-3H3,(H,22,24). The summed E-state index contributed by atoms with van der Waals surface area (Å²) in [5.74, 6) is 0.226. The molecule has 1 aliphatic rings. The number of carbonyl (C=O) groups is 2. The molecule has 5 nitrogen and oxygen atoms in total. The lowest BCUT2D eigenvalue weighted by Crippen LogP contribution is -2.38. The van der Waals surface area contributed by atoms with Gasteiger partial charge in [0.1, 0.15) is 0 Å². The van der Waals surface area contributed by atoms with Gasteiger partial charge in [0.2, 0.25) is 11.8 Å². The number of H-pyrrole nitrogens is 1. The second kappa shape index (κ2) is 7.30. The third kappa shape index (κ3) is 3.70. The van der Waals surface area contributed by atoms with E-state index >= 15 is 0 Å². The molecule has 2 aromatic rings. The van der Waals surface area contributed by atoms with Crippen molar-refractivity contribution >= 4 is 22.7 Å². The second-order valence-electron chi connectivity index (χ2n) is 7.06. The molecule has 2 atom stereocenters. The van der Waals surface area contributed by atoms with Crippen molar-refractivity contribution in [2.45, 2.75) is 58.5 Å². The largest absolute Gasteiger partial charge is 0.361 e. The van der Waals surface area contributed by atoms with Crippen LogP contribution in [-0.2, 0) is 16.0 Å². The molecule has 2 amide bonds. The molecule has 1 saturated heterocycles. The highest BCUT2D eigenvalue weighted by molar-refractivity contribution is 5.87. The van der Waals surface area contributed by atoms with Gasteiger partial charge in [-0.15, -0.1) is 0 Å². The third-order valence-corrected chi connectivity index (χ3v) is 5.19. The maximum Gasteiger partial charge on any atom is 0.223 e. The lowest BCUT2D eigenvalue weighted by molar-refractivity contribution is -0.132. The molecule has 1 fully saturated rings. The van der Waals surface area contributed by atoms with Gasteiger partial charge in [0.15, 0.2) is 0 Å². The molecule has 25 heavy (non-hydrogen) atoms. The van der Waals surface area contributed by atoms with Crippen LogP contribution in [0, 0.1) is 6.92 Å². The molecule has 134 valence electrons. The van der Waals surface area contributed by atoms with E-state index in [-0.39, 0.29) is 23.9 Å². The van der Waals surface area contributed by atoms with E-state index in [4.69, 9.17) is 0 Å². The first kappa shape index (κ1) is 17.5. The van der Waals surface area contributed by atoms with Gasteiger partial charge >= 0.3 is 0 Å². The Balaban J connectivity index is 1.61. The third-order valence-electron chi connectivity index (χ3n) is 5.19. The summed E-state index contributed by atoms with van der Waals surface area (Å²) in [6.45, 7) is 6.63. The van der Waals surface area contributed by atoms with Crippen molar-refractivity contribution < 1.29 is 9.59 Å². The Hall–Kier alpha value is -2.30. The minimum absolute atomic E-state index is 0.0563. The Morgan fingerprint density at radius 1 is 1.36 bits per heavy atom. The van der Waals surface area contributed by atoms with E-state index in [1.165, 1.54) is 16.5 Å². The molecule has 0 saturated carbocycles. The van der Waals surface area contributed by atoms with Crippen LogP contribution in [0.4, 0.5) is 0 Å². The topological polar surface area (TPSA) is 65.2 Å². The van der Waals surface area contributed by atoms with Crippen molar-refractivity contribution in [3.63, 3.8) is 0 Å². The van der Waals surface area contributed by atoms with Crippen LogP contribution in [0.3, 0.4) is 0 Å². The fourth-order valence-electron chi connectivity index (χ4n) is 3.85. The molecule has 2 unspecified atom stereocenters. The van der Waals surface area contributed by atoms with Crippen LogP contribution in [0.15, 0.2) is 24.4 Å². The summed E-state index contributed by atoms with van der Waals surface area (Å²) in [5, 5.41) is 4.24. The summed E-state index contributed by atoms with van der Waals surface area (Å²) in [4.78, 5) is 29.5. The molecule has 0 spiro atoms. The van der Waals surface area contributed by atoms with Crippen molar-refractivity contribution in [1.82, 2.24) is 15.2 Å². The highest BCUT2D eigenvalue weighted by Crippen LogP contribution is 2.24. The smallest absolute Gasteiger partial charge is 0.223 e. The quantitative estimate of drug-likeness (QED) is 0.878. The number of benzene rings is 1. The van der Waals surface area contributed by atoms with Crippen LogP contribution in [-0.4, -0.2) is 40.3 Å². The number of likely N-dealkylation sites (tertiary alicyclic amines) is 1. The molecule has 2 heterocycles. The van der Waals surface area contributed by atoms with E-state index in [0.717, 1.165) is 18.4 Å². The maximum atomic E-state index is 12.7. The van der Waals surface area contributed by atoms with Crippen LogP contribution < -0.4 is 5.32 Å². The molecule has 5 heteroatoms. The van der Waals surface area contributed by atoms with Gasteiger partial charge in [0, 0.05) is 48.6 Å². The summed E-state index contributed by atoms with van der Waals surface area (Å²) < 4.78 is 0. The average Bonchev–Trinajstić information content (AvgIpc) is 3.17. The Morgan fingerprint density at radius 3 is 2.92 bits per heavy atom. The van der Waals surface area contributed by atoms with E-state index in [1.54, 1.807) is 0 Å². The van der Waals surface area contributed by atoms with Crippen LogP contribution in [0.25, 0.3) is 10.9 Å². The van der Waals surface area contributed by atoms with Gasteiger partial charge in [0.05, 0.1) is 0 Å². The van der Waals surface area contributed by atoms with E-state index in [9.17, 15) is 9.59 Å². The molecule has 1 aliphatic heterocycles. The lowest BCUT2D eigenvalue weighted by atomic mass is 10.0. The molecule has 3 rings (SSSR count). The zero-order chi connectivity index (χ0) is 18.0. The van der Waals surface area contributed by atoms with Crippen molar-refractivity contribution in [3.8, 4) is 0 Å². The highest BCUT2D eigenvalue weighted by atomic mass is 16.2. The normalized spacial score (nSPS) is 20.2. The molecular weight excluding hydrogens is 314 g/mol. The van der Waals surface area contributed by atoms with Crippen LogP contribution in [0.1, 0.15) is 44.2 Å². The lowest BCUT2D eigenvalue weighted by Gasteiger charge is -2.21. The molecule has 0 aliphatic carbocycles. The molecule has 0 radical (unpaired) electrons. The maximum absolute atomic E-state index is 12.7. The van der Waals surface area contributed by atoms with Gasteiger partial charge in [-0.2, -0.15) is 0 Å². The summed E-state index contributed by atoms with van der Waals surface area (Å²) in [6, 6.07) is 6.48. The number of rotatable bonds is 5. The number of nitrogens with zero attached hydrogens (tertiary/aromatic N) is 1. The first-order valence-electron chi connectivity index (χ1n) is 9.14. The fourth-order valence-corrected chi connectivity index (χ4v) is 3.85. The van der Waals surface area contributed by atoms with Gasteiger partial charge in [-0.3, -0.25) is 9.59 Å². The van der Waals surface area contributed by atoms with Crippen molar-refractivity contribution in [2.24, 2.45) is 0 Å². The van der Waals surface area contributed by atoms with Crippen LogP contribution in [0.2, 0.25) is 0 Å². The Morgan fingerprint density at radius 2 is 2.16 bits per heavy atom. The second-order valence-corrected chi connectivity index (χ2v) is 7.06. The number of aryl methyl sites for hydroxylation is 2. The van der Waals surface area contributed by atoms with Crippen molar-refractivity contribution in [2.75, 3.05) is 6.54 Å². The Bertz CT molecular complexity index is 780. The summed E-state index contributed by atoms with van der Waals surface area (Å²) in [5.41, 5.74) is 3.56. The molecule has 2 N–H and O–H groups in total. The number of aromatic nitrogens is 1. The highest BCUT2D eigenvalue weighted by Gasteiger charge is 2.32. The number of hydrogen-bond acceptors (Lipinski definition) is 2. The summed E-state index contributed by atoms with van der Waals surface area (Å²) >= 11 is 0. The number of carbonyl (C=O) groups excluding carboxylic acids is 2. The van der Waals surface area contributed by atoms with Gasteiger partial charge in [-0.05, 0) is 43.9 Å². The summed E-state index contributed by atoms with van der Waals surface area (Å²) in [7, 11) is 0. The minimum Gasteiger partial charge on any atom is -0.361 e. The van der Waals surface area contributed by atoms with Gasteiger partial charge in [-0.1, -0.05) is 19.1 Å². The predicted molar refractivity (Wildman–Crippen MR) is 99.4 cm³/mol. The number of amides is 2. The molecule has 0 bridgehead atoms. The zero-order valence-corrected chi connectivity index (χ0v) is 15.3. The van der Waals surface area contributed by atoms with Gasteiger partial charge in [-0.25, -0.2) is 0 Å². The zero-order valence-electron chi connectivity index (χ0n) is 15.3. The van der Waals surface area contributed by atoms with Gasteiger partial charge < -0.3 is 15.2 Å². The van der Waals surface area contributed by atoms with Crippen molar-refractivity contribution in [1.29, 1.82) is 0 Å². The Labute approximate surface area is 148 Å². The fraction of sp³-hybridized carbons (Fsp3) is 0.500. The number of hydrogen-bond donors (Lipinski definition) is 2. The number of fused-ring (bicyclic) bond motifs is 1. The number of aromatic amines is 1. The van der Waals surface area contributed by atoms with E-state index in [1.807, 2.05) is 24.1 Å². The SMILES string of the molecule is CCC(=O)NC1CC(C)N(C(=O)CCc2c[nH]c3cccc(C)c23)C1. The first-order chi connectivity index (χ1) is 12.0. The molecular formula is C20H27N3O2. The summed E-state index contributed by atoms with van der Waals surface area (Å²) in [6.07, 6.45) is 4.57. The minimum atomic E-state index is 0.0563. The van der Waals surface area contributed by atoms with Gasteiger partial charge in [0.25, 0.3) is 0 Å². The molecule has 1 aromatic heterocycles. The monoisotopic (exact) mass is 341 g/mol.